The average Bonchev–Trinajstić information content (AvgIpc) is 3.19. The SMILES string of the molecule is Cc1nn(C(=O)OC(C)(C)C)c2cccc(OC[C@@H](O)CCCCOc3cccc4c3OCCO4)c12. The van der Waals surface area contributed by atoms with Crippen molar-refractivity contribution in [1.82, 2.24) is 9.78 Å². The van der Waals surface area contributed by atoms with E-state index in [1.165, 1.54) is 4.68 Å². The lowest BCUT2D eigenvalue weighted by Gasteiger charge is -2.20. The van der Waals surface area contributed by atoms with E-state index in [1.54, 1.807) is 12.1 Å². The lowest BCUT2D eigenvalue weighted by molar-refractivity contribution is 0.0522. The molecule has 0 bridgehead atoms. The summed E-state index contributed by atoms with van der Waals surface area (Å²) in [4.78, 5) is 12.6. The van der Waals surface area contributed by atoms with Crippen LogP contribution < -0.4 is 18.9 Å². The van der Waals surface area contributed by atoms with Gasteiger partial charge in [0.15, 0.2) is 11.5 Å². The fourth-order valence-electron chi connectivity index (χ4n) is 3.97. The van der Waals surface area contributed by atoms with Crippen molar-refractivity contribution in [1.29, 1.82) is 0 Å². The number of aromatic nitrogens is 2. The number of ether oxygens (including phenoxy) is 5. The first kappa shape index (κ1) is 25.6. The van der Waals surface area contributed by atoms with Gasteiger partial charge in [-0.25, -0.2) is 4.79 Å². The van der Waals surface area contributed by atoms with Crippen LogP contribution in [0, 0.1) is 6.92 Å². The van der Waals surface area contributed by atoms with E-state index in [9.17, 15) is 9.90 Å². The molecule has 1 atom stereocenters. The number of para-hydroxylation sites is 1. The molecule has 194 valence electrons. The molecule has 1 aliphatic rings. The molecule has 9 nitrogen and oxygen atoms in total. The predicted molar refractivity (Wildman–Crippen MR) is 134 cm³/mol. The molecule has 0 fully saturated rings. The summed E-state index contributed by atoms with van der Waals surface area (Å²) in [6, 6.07) is 11.0. The maximum absolute atomic E-state index is 12.6. The molecule has 9 heteroatoms. The van der Waals surface area contributed by atoms with Gasteiger partial charge < -0.3 is 28.8 Å². The Morgan fingerprint density at radius 3 is 2.64 bits per heavy atom. The van der Waals surface area contributed by atoms with Gasteiger partial charge in [0, 0.05) is 0 Å². The Bertz CT molecular complexity index is 1200. The second-order valence-electron chi connectivity index (χ2n) is 9.72. The summed E-state index contributed by atoms with van der Waals surface area (Å²) in [6.45, 7) is 8.93. The van der Waals surface area contributed by atoms with Gasteiger partial charge in [0.2, 0.25) is 5.75 Å². The van der Waals surface area contributed by atoms with E-state index in [2.05, 4.69) is 5.10 Å². The molecule has 36 heavy (non-hydrogen) atoms. The second kappa shape index (κ2) is 11.1. The molecule has 2 heterocycles. The number of hydrogen-bond acceptors (Lipinski definition) is 8. The van der Waals surface area contributed by atoms with Gasteiger partial charge in [-0.2, -0.15) is 9.78 Å². The van der Waals surface area contributed by atoms with E-state index in [0.717, 1.165) is 18.2 Å². The molecule has 0 saturated carbocycles. The first-order valence-corrected chi connectivity index (χ1v) is 12.3. The fraction of sp³-hybridized carbons (Fsp3) is 0.481. The predicted octanol–water partition coefficient (Wildman–Crippen LogP) is 4.89. The maximum atomic E-state index is 12.6. The van der Waals surface area contributed by atoms with E-state index >= 15 is 0 Å². The summed E-state index contributed by atoms with van der Waals surface area (Å²) in [7, 11) is 0. The highest BCUT2D eigenvalue weighted by Crippen LogP contribution is 2.39. The molecule has 2 aromatic carbocycles. The van der Waals surface area contributed by atoms with Crippen molar-refractivity contribution in [3.8, 4) is 23.0 Å². The Hall–Kier alpha value is -3.46. The Morgan fingerprint density at radius 2 is 1.83 bits per heavy atom. The van der Waals surface area contributed by atoms with Gasteiger partial charge in [0.05, 0.1) is 29.3 Å². The summed E-state index contributed by atoms with van der Waals surface area (Å²) in [5.74, 6) is 2.59. The second-order valence-corrected chi connectivity index (χ2v) is 9.72. The number of carbonyl (C=O) groups excluding carboxylic acids is 1. The van der Waals surface area contributed by atoms with Crippen LogP contribution in [0.4, 0.5) is 4.79 Å². The number of fused-ring (bicyclic) bond motifs is 2. The van der Waals surface area contributed by atoms with Crippen LogP contribution in [0.2, 0.25) is 0 Å². The van der Waals surface area contributed by atoms with Crippen molar-refractivity contribution >= 4 is 17.0 Å². The molecule has 0 amide bonds. The highest BCUT2D eigenvalue weighted by Gasteiger charge is 2.23. The van der Waals surface area contributed by atoms with Crippen molar-refractivity contribution in [2.24, 2.45) is 0 Å². The van der Waals surface area contributed by atoms with Gasteiger partial charge in [-0.05, 0) is 71.2 Å². The minimum absolute atomic E-state index is 0.133. The zero-order valence-corrected chi connectivity index (χ0v) is 21.3. The van der Waals surface area contributed by atoms with Crippen molar-refractivity contribution < 1.29 is 33.6 Å². The summed E-state index contributed by atoms with van der Waals surface area (Å²) in [6.07, 6.45) is 0.940. The van der Waals surface area contributed by atoms with Crippen molar-refractivity contribution in [3.05, 3.63) is 42.1 Å². The third-order valence-corrected chi connectivity index (χ3v) is 5.56. The smallest absolute Gasteiger partial charge is 0.435 e. The Kier molecular flexibility index (Phi) is 7.88. The molecule has 4 rings (SSSR count). The molecular formula is C27H34N2O7. The monoisotopic (exact) mass is 498 g/mol. The van der Waals surface area contributed by atoms with Crippen LogP contribution in [-0.2, 0) is 4.74 Å². The Morgan fingerprint density at radius 1 is 1.08 bits per heavy atom. The normalized spacial score (nSPS) is 13.9. The molecule has 0 aliphatic carbocycles. The summed E-state index contributed by atoms with van der Waals surface area (Å²) in [5, 5.41) is 15.5. The number of rotatable bonds is 9. The fourth-order valence-corrected chi connectivity index (χ4v) is 3.97. The van der Waals surface area contributed by atoms with Crippen molar-refractivity contribution in [2.45, 2.75) is 58.7 Å². The quantitative estimate of drug-likeness (QED) is 0.416. The van der Waals surface area contributed by atoms with E-state index < -0.39 is 17.8 Å². The van der Waals surface area contributed by atoms with Gasteiger partial charge in [0.25, 0.3) is 0 Å². The number of hydrogen-bond donors (Lipinski definition) is 1. The summed E-state index contributed by atoms with van der Waals surface area (Å²) >= 11 is 0. The molecule has 1 aromatic heterocycles. The lowest BCUT2D eigenvalue weighted by atomic mass is 10.1. The molecular weight excluding hydrogens is 464 g/mol. The molecule has 1 aliphatic heterocycles. The highest BCUT2D eigenvalue weighted by molar-refractivity contribution is 5.93. The van der Waals surface area contributed by atoms with E-state index in [1.807, 2.05) is 52.0 Å². The topological polar surface area (TPSA) is 101 Å². The van der Waals surface area contributed by atoms with Gasteiger partial charge in [0.1, 0.15) is 31.2 Å². The molecule has 0 spiro atoms. The molecule has 0 radical (unpaired) electrons. The molecule has 0 unspecified atom stereocenters. The number of unbranched alkanes of at least 4 members (excludes halogenated alkanes) is 1. The van der Waals surface area contributed by atoms with E-state index in [-0.39, 0.29) is 6.61 Å². The third kappa shape index (κ3) is 6.20. The largest absolute Gasteiger partial charge is 0.490 e. The summed E-state index contributed by atoms with van der Waals surface area (Å²) in [5.41, 5.74) is 0.619. The molecule has 0 saturated heterocycles. The number of aliphatic hydroxyl groups is 1. The first-order chi connectivity index (χ1) is 17.2. The molecule has 3 aromatic rings. The van der Waals surface area contributed by atoms with Crippen molar-refractivity contribution in [2.75, 3.05) is 26.4 Å². The zero-order chi connectivity index (χ0) is 25.7. The van der Waals surface area contributed by atoms with Crippen LogP contribution in [0.1, 0.15) is 45.7 Å². The molecule has 1 N–H and O–H groups in total. The minimum atomic E-state index is -0.636. The van der Waals surface area contributed by atoms with Gasteiger partial charge in [-0.3, -0.25) is 0 Å². The maximum Gasteiger partial charge on any atom is 0.435 e. The van der Waals surface area contributed by atoms with Crippen LogP contribution in [-0.4, -0.2) is 59.1 Å². The zero-order valence-electron chi connectivity index (χ0n) is 21.3. The third-order valence-electron chi connectivity index (χ3n) is 5.56. The Balaban J connectivity index is 1.26. The Labute approximate surface area is 210 Å². The number of benzene rings is 2. The highest BCUT2D eigenvalue weighted by atomic mass is 16.6. The van der Waals surface area contributed by atoms with Gasteiger partial charge >= 0.3 is 6.09 Å². The van der Waals surface area contributed by atoms with E-state index in [4.69, 9.17) is 23.7 Å². The van der Waals surface area contributed by atoms with Crippen LogP contribution in [0.25, 0.3) is 10.9 Å². The number of aryl methyl sites for hydroxylation is 1. The van der Waals surface area contributed by atoms with Crippen LogP contribution in [0.15, 0.2) is 36.4 Å². The van der Waals surface area contributed by atoms with Crippen LogP contribution >= 0.6 is 0 Å². The lowest BCUT2D eigenvalue weighted by Crippen LogP contribution is -2.27. The minimum Gasteiger partial charge on any atom is -0.490 e. The van der Waals surface area contributed by atoms with Crippen LogP contribution in [0.5, 0.6) is 23.0 Å². The number of carbonyl (C=O) groups is 1. The number of nitrogens with zero attached hydrogens (tertiary/aromatic N) is 2. The average molecular weight is 499 g/mol. The number of aliphatic hydroxyl groups excluding tert-OH is 1. The van der Waals surface area contributed by atoms with E-state index in [0.29, 0.717) is 60.5 Å². The van der Waals surface area contributed by atoms with Crippen LogP contribution in [0.3, 0.4) is 0 Å². The van der Waals surface area contributed by atoms with Gasteiger partial charge in [-0.1, -0.05) is 12.1 Å². The standard InChI is InChI=1S/C27H34N2O7/c1-18-24-20(29(28-18)26(31)36-27(2,3)4)10-7-11-21(24)35-17-19(30)9-5-6-14-32-22-12-8-13-23-25(22)34-16-15-33-23/h7-8,10-13,19,30H,5-6,9,14-17H2,1-4H3/t19-/m0/s1. The van der Waals surface area contributed by atoms with Crippen molar-refractivity contribution in [3.63, 3.8) is 0 Å². The van der Waals surface area contributed by atoms with Gasteiger partial charge in [-0.15, -0.1) is 0 Å². The summed E-state index contributed by atoms with van der Waals surface area (Å²) < 4.78 is 29.7. The first-order valence-electron chi connectivity index (χ1n) is 12.3.